The second-order valence-corrected chi connectivity index (χ2v) is 14.6. The molecule has 5 heteroatoms. The molecule has 0 spiro atoms. The van der Waals surface area contributed by atoms with Gasteiger partial charge in [-0.3, -0.25) is 0 Å². The van der Waals surface area contributed by atoms with Gasteiger partial charge >= 0.3 is 0 Å². The van der Waals surface area contributed by atoms with Crippen molar-refractivity contribution in [3.8, 4) is 45.1 Å². The van der Waals surface area contributed by atoms with Crippen LogP contribution in [0.4, 0.5) is 0 Å². The minimum atomic E-state index is 0.700. The van der Waals surface area contributed by atoms with Crippen LogP contribution >= 0.6 is 0 Å². The van der Waals surface area contributed by atoms with E-state index in [9.17, 15) is 0 Å². The van der Waals surface area contributed by atoms with E-state index < -0.39 is 0 Å². The highest BCUT2D eigenvalue weighted by Crippen LogP contribution is 2.44. The topological polar surface area (TPSA) is 48.8 Å². The highest BCUT2D eigenvalue weighted by atomic mass is 16.3. The number of aromatic nitrogens is 4. The van der Waals surface area contributed by atoms with Crippen LogP contribution in [0.2, 0.25) is 0 Å². The molecule has 0 saturated heterocycles. The number of rotatable bonds is 5. The summed E-state index contributed by atoms with van der Waals surface area (Å²) in [5.41, 5.74) is 14.4. The molecule has 0 radical (unpaired) electrons. The first-order valence-corrected chi connectivity index (χ1v) is 19.3. The van der Waals surface area contributed by atoms with Crippen molar-refractivity contribution in [2.45, 2.75) is 0 Å². The Labute approximate surface area is 327 Å². The Morgan fingerprint density at radius 2 is 0.930 bits per heavy atom. The van der Waals surface area contributed by atoms with E-state index in [1.807, 2.05) is 30.3 Å². The molecule has 0 saturated carbocycles. The molecule has 266 valence electrons. The van der Waals surface area contributed by atoms with E-state index in [1.54, 1.807) is 0 Å². The van der Waals surface area contributed by atoms with E-state index >= 15 is 0 Å². The maximum atomic E-state index is 6.43. The van der Waals surface area contributed by atoms with Gasteiger partial charge in [0.15, 0.2) is 5.82 Å². The fourth-order valence-electron chi connectivity index (χ4n) is 8.79. The van der Waals surface area contributed by atoms with Crippen molar-refractivity contribution < 1.29 is 4.42 Å². The van der Waals surface area contributed by atoms with Crippen molar-refractivity contribution in [1.82, 2.24) is 19.1 Å². The van der Waals surface area contributed by atoms with Crippen LogP contribution in [0.15, 0.2) is 199 Å². The van der Waals surface area contributed by atoms with Crippen LogP contribution in [-0.4, -0.2) is 19.1 Å². The summed E-state index contributed by atoms with van der Waals surface area (Å²) in [6.45, 7) is 0. The molecule has 0 unspecified atom stereocenters. The first kappa shape index (κ1) is 31.6. The monoisotopic (exact) mass is 728 g/mol. The quantitative estimate of drug-likeness (QED) is 0.177. The average Bonchev–Trinajstić information content (AvgIpc) is 3.94. The lowest BCUT2D eigenvalue weighted by molar-refractivity contribution is 0.669. The molecule has 4 heterocycles. The number of hydrogen-bond donors (Lipinski definition) is 0. The summed E-state index contributed by atoms with van der Waals surface area (Å²) in [6, 6.07) is 68.3. The van der Waals surface area contributed by atoms with Crippen molar-refractivity contribution in [3.63, 3.8) is 0 Å². The number of benzene rings is 8. The molecule has 0 bridgehead atoms. The van der Waals surface area contributed by atoms with Crippen LogP contribution in [0.5, 0.6) is 0 Å². The van der Waals surface area contributed by atoms with Gasteiger partial charge in [-0.25, -0.2) is 9.97 Å². The zero-order chi connectivity index (χ0) is 37.5. The number of fused-ring (bicyclic) bond motifs is 10. The molecule has 0 amide bonds. The van der Waals surface area contributed by atoms with Crippen LogP contribution in [0.25, 0.3) is 111 Å². The Bertz CT molecular complexity index is 3490. The van der Waals surface area contributed by atoms with Gasteiger partial charge in [-0.05, 0) is 77.9 Å². The van der Waals surface area contributed by atoms with Gasteiger partial charge in [0, 0.05) is 49.4 Å². The van der Waals surface area contributed by atoms with Crippen molar-refractivity contribution in [2.75, 3.05) is 0 Å². The molecule has 57 heavy (non-hydrogen) atoms. The highest BCUT2D eigenvalue weighted by molar-refractivity contribution is 6.27. The Hall–Kier alpha value is -7.76. The van der Waals surface area contributed by atoms with Gasteiger partial charge < -0.3 is 13.6 Å². The van der Waals surface area contributed by atoms with E-state index in [2.05, 4.69) is 173 Å². The zero-order valence-electron chi connectivity index (χ0n) is 30.7. The zero-order valence-corrected chi connectivity index (χ0v) is 30.7. The van der Waals surface area contributed by atoms with E-state index in [0.717, 1.165) is 94.2 Å². The predicted octanol–water partition coefficient (Wildman–Crippen LogP) is 13.6. The van der Waals surface area contributed by atoms with Gasteiger partial charge in [-0.1, -0.05) is 127 Å². The number of furan rings is 1. The van der Waals surface area contributed by atoms with E-state index in [4.69, 9.17) is 14.4 Å². The Morgan fingerprint density at radius 1 is 0.368 bits per heavy atom. The maximum Gasteiger partial charge on any atom is 0.160 e. The van der Waals surface area contributed by atoms with Crippen LogP contribution < -0.4 is 0 Å². The summed E-state index contributed by atoms with van der Waals surface area (Å²) >= 11 is 0. The van der Waals surface area contributed by atoms with Gasteiger partial charge in [-0.15, -0.1) is 0 Å². The van der Waals surface area contributed by atoms with E-state index in [-0.39, 0.29) is 0 Å². The summed E-state index contributed by atoms with van der Waals surface area (Å²) in [7, 11) is 0. The Balaban J connectivity index is 1.16. The molecule has 12 rings (SSSR count). The fraction of sp³-hybridized carbons (Fsp3) is 0. The standard InChI is InChI=1S/C52H32N4O/c1-5-15-33(16-6-1)49-51-50(54-52(53-49)34-17-7-2-8-18-34)41-32-36(26-28-43(41)56(51)38-21-11-4-12-22-38)35-25-27-42-40(31-35)47-44(55(42)37-19-9-3-10-20-37)29-30-46-48(47)39-23-13-14-24-45(39)57-46/h1-32H. The molecule has 0 aliphatic heterocycles. The number of hydrogen-bond acceptors (Lipinski definition) is 3. The molecule has 0 atom stereocenters. The molecular weight excluding hydrogens is 697 g/mol. The largest absolute Gasteiger partial charge is 0.456 e. The summed E-state index contributed by atoms with van der Waals surface area (Å²) in [6.07, 6.45) is 0. The van der Waals surface area contributed by atoms with Crippen molar-refractivity contribution in [2.24, 2.45) is 0 Å². The van der Waals surface area contributed by atoms with Gasteiger partial charge in [0.05, 0.1) is 27.8 Å². The summed E-state index contributed by atoms with van der Waals surface area (Å²) in [5, 5.41) is 5.69. The fourth-order valence-corrected chi connectivity index (χ4v) is 8.79. The first-order chi connectivity index (χ1) is 28.3. The van der Waals surface area contributed by atoms with Crippen molar-refractivity contribution in [1.29, 1.82) is 0 Å². The molecule has 4 aromatic heterocycles. The normalized spacial score (nSPS) is 11.9. The van der Waals surface area contributed by atoms with Gasteiger partial charge in [-0.2, -0.15) is 0 Å². The second kappa shape index (κ2) is 12.4. The van der Waals surface area contributed by atoms with Crippen LogP contribution in [0, 0.1) is 0 Å². The first-order valence-electron chi connectivity index (χ1n) is 19.3. The molecule has 0 aliphatic rings. The molecule has 0 aliphatic carbocycles. The molecule has 5 nitrogen and oxygen atoms in total. The summed E-state index contributed by atoms with van der Waals surface area (Å²) in [5.74, 6) is 0.700. The lowest BCUT2D eigenvalue weighted by atomic mass is 9.99. The van der Waals surface area contributed by atoms with Gasteiger partial charge in [0.25, 0.3) is 0 Å². The van der Waals surface area contributed by atoms with Crippen LogP contribution in [0.1, 0.15) is 0 Å². The Morgan fingerprint density at radius 3 is 1.63 bits per heavy atom. The van der Waals surface area contributed by atoms with Gasteiger partial charge in [0.2, 0.25) is 0 Å². The Kier molecular flexibility index (Phi) is 6.86. The van der Waals surface area contributed by atoms with E-state index in [0.29, 0.717) is 5.82 Å². The smallest absolute Gasteiger partial charge is 0.160 e. The van der Waals surface area contributed by atoms with E-state index in [1.165, 1.54) is 10.8 Å². The van der Waals surface area contributed by atoms with Crippen molar-refractivity contribution in [3.05, 3.63) is 194 Å². The average molecular weight is 729 g/mol. The minimum absolute atomic E-state index is 0.700. The van der Waals surface area contributed by atoms with Crippen molar-refractivity contribution >= 4 is 65.7 Å². The number of para-hydroxylation sites is 3. The minimum Gasteiger partial charge on any atom is -0.456 e. The molecule has 8 aromatic carbocycles. The second-order valence-electron chi connectivity index (χ2n) is 14.6. The highest BCUT2D eigenvalue weighted by Gasteiger charge is 2.23. The maximum absolute atomic E-state index is 6.43. The molecule has 0 fully saturated rings. The lowest BCUT2D eigenvalue weighted by Gasteiger charge is -2.12. The van der Waals surface area contributed by atoms with Crippen LogP contribution in [0.3, 0.4) is 0 Å². The summed E-state index contributed by atoms with van der Waals surface area (Å²) in [4.78, 5) is 10.7. The summed E-state index contributed by atoms with van der Waals surface area (Å²) < 4.78 is 11.1. The molecule has 0 N–H and O–H groups in total. The third-order valence-electron chi connectivity index (χ3n) is 11.3. The number of nitrogens with zero attached hydrogens (tertiary/aromatic N) is 4. The van der Waals surface area contributed by atoms with Gasteiger partial charge in [0.1, 0.15) is 16.7 Å². The molecular formula is C52H32N4O. The third kappa shape index (κ3) is 4.82. The predicted molar refractivity (Wildman–Crippen MR) is 234 cm³/mol. The molecule has 12 aromatic rings. The van der Waals surface area contributed by atoms with Crippen LogP contribution in [-0.2, 0) is 0 Å². The lowest BCUT2D eigenvalue weighted by Crippen LogP contribution is -1.99. The SMILES string of the molecule is c1ccc(-c2nc(-c3ccccc3)c3c(n2)c2cc(-c4ccc5c(c4)c4c6c(ccc4n5-c4ccccc4)oc4ccccc46)ccc2n3-c2ccccc2)cc1. The third-order valence-corrected chi connectivity index (χ3v) is 11.3.